The fourth-order valence-corrected chi connectivity index (χ4v) is 5.72. The Labute approximate surface area is 318 Å². The lowest BCUT2D eigenvalue weighted by Crippen LogP contribution is -2.58. The van der Waals surface area contributed by atoms with Crippen LogP contribution in [0.2, 0.25) is 0 Å². The monoisotopic (exact) mass is 790 g/mol. The molecule has 0 amide bonds. The number of phenols is 2. The molecule has 2 aliphatic heterocycles. The summed E-state index contributed by atoms with van der Waals surface area (Å²) in [6, 6.07) is 12.0. The van der Waals surface area contributed by atoms with Gasteiger partial charge in [0.25, 0.3) is 0 Å². The summed E-state index contributed by atoms with van der Waals surface area (Å²) in [5, 5.41) is 92.6. The second-order valence-electron chi connectivity index (χ2n) is 12.8. The Kier molecular flexibility index (Phi) is 13.6. The average molecular weight is 791 g/mol. The van der Waals surface area contributed by atoms with E-state index in [9.17, 15) is 50.4 Å². The standard InChI is InChI=1S/C37H42O19/c1-49-26-12-19(5-8-22(26)39)30(43)28(14-38)55-25-9-3-18(11-27(25)50-2)4-10-29(42)52-16-37(48)17-53-36(33(37)45)56-32-31(44)24(41)15-51-35(32)54-20-6-7-21(34(46)47)23(40)13-20/h3-13,24,28,30-33,35-36,38-41,43-45,48H,14-17H2,1-2H3,(H,46,47)/b10-4+/t24-,28?,30?,31+,32-,33+,35+,36+,37-/m1/s1. The lowest BCUT2D eigenvalue weighted by atomic mass is 10.0. The molecular weight excluding hydrogens is 748 g/mol. The van der Waals surface area contributed by atoms with Gasteiger partial charge in [-0.25, -0.2) is 9.59 Å². The zero-order valence-electron chi connectivity index (χ0n) is 29.9. The number of carboxylic acids is 1. The predicted molar refractivity (Wildman–Crippen MR) is 187 cm³/mol. The van der Waals surface area contributed by atoms with Gasteiger partial charge in [0.15, 0.2) is 47.1 Å². The van der Waals surface area contributed by atoms with Crippen LogP contribution in [-0.4, -0.2) is 147 Å². The van der Waals surface area contributed by atoms with E-state index in [1.54, 1.807) is 6.07 Å². The van der Waals surface area contributed by atoms with E-state index in [-0.39, 0.29) is 28.7 Å². The van der Waals surface area contributed by atoms with E-state index in [1.165, 1.54) is 56.7 Å². The first-order chi connectivity index (χ1) is 26.7. The van der Waals surface area contributed by atoms with Crippen LogP contribution in [0.25, 0.3) is 6.08 Å². The highest BCUT2D eigenvalue weighted by Gasteiger charge is 2.53. The van der Waals surface area contributed by atoms with Crippen molar-refractivity contribution in [2.45, 2.75) is 54.8 Å². The molecule has 3 aromatic carbocycles. The highest BCUT2D eigenvalue weighted by molar-refractivity contribution is 5.91. The molecule has 2 heterocycles. The maximum atomic E-state index is 12.6. The van der Waals surface area contributed by atoms with E-state index < -0.39 is 104 Å². The second kappa shape index (κ2) is 18.2. The lowest BCUT2D eigenvalue weighted by molar-refractivity contribution is -0.297. The van der Waals surface area contributed by atoms with Gasteiger partial charge in [0, 0.05) is 12.1 Å². The Morgan fingerprint density at radius 2 is 1.68 bits per heavy atom. The van der Waals surface area contributed by atoms with E-state index in [0.717, 1.165) is 18.2 Å². The summed E-state index contributed by atoms with van der Waals surface area (Å²) in [5.74, 6) is -2.69. The Balaban J connectivity index is 1.17. The molecule has 0 spiro atoms. The second-order valence-corrected chi connectivity index (χ2v) is 12.8. The fraction of sp³-hybridized carbons (Fsp3) is 0.405. The molecule has 19 nitrogen and oxygen atoms in total. The van der Waals surface area contributed by atoms with Gasteiger partial charge in [0.1, 0.15) is 48.1 Å². The number of aromatic carboxylic acids is 1. The highest BCUT2D eigenvalue weighted by Crippen LogP contribution is 2.35. The van der Waals surface area contributed by atoms with Gasteiger partial charge in [-0.05, 0) is 53.6 Å². The number of rotatable bonds is 16. The van der Waals surface area contributed by atoms with Gasteiger partial charge >= 0.3 is 11.9 Å². The molecule has 0 saturated carbocycles. The minimum absolute atomic E-state index is 0.0828. The number of esters is 1. The van der Waals surface area contributed by atoms with Gasteiger partial charge in [-0.15, -0.1) is 0 Å². The van der Waals surface area contributed by atoms with Crippen molar-refractivity contribution in [2.75, 3.05) is 40.6 Å². The molecule has 9 N–H and O–H groups in total. The Morgan fingerprint density at radius 1 is 0.929 bits per heavy atom. The smallest absolute Gasteiger partial charge is 0.339 e. The first kappa shape index (κ1) is 41.9. The van der Waals surface area contributed by atoms with Crippen LogP contribution in [0.15, 0.2) is 60.7 Å². The number of ether oxygens (including phenoxy) is 8. The number of carboxylic acid groups (broad SMARTS) is 1. The number of phenolic OH excluding ortho intramolecular Hbond substituents is 1. The van der Waals surface area contributed by atoms with Gasteiger partial charge in [0.2, 0.25) is 6.29 Å². The van der Waals surface area contributed by atoms with E-state index in [0.29, 0.717) is 11.1 Å². The molecule has 0 aromatic heterocycles. The first-order valence-corrected chi connectivity index (χ1v) is 16.9. The minimum atomic E-state index is -2.18. The average Bonchev–Trinajstić information content (AvgIpc) is 3.46. The van der Waals surface area contributed by atoms with Crippen molar-refractivity contribution in [3.63, 3.8) is 0 Å². The van der Waals surface area contributed by atoms with Gasteiger partial charge in [-0.3, -0.25) is 0 Å². The van der Waals surface area contributed by atoms with Crippen molar-refractivity contribution in [3.05, 3.63) is 77.4 Å². The number of aliphatic hydroxyl groups excluding tert-OH is 5. The largest absolute Gasteiger partial charge is 0.507 e. The van der Waals surface area contributed by atoms with Crippen LogP contribution < -0.4 is 18.9 Å². The number of methoxy groups -OCH3 is 2. The van der Waals surface area contributed by atoms with Crippen molar-refractivity contribution >= 4 is 18.0 Å². The normalized spacial score (nSPS) is 26.0. The van der Waals surface area contributed by atoms with Gasteiger partial charge in [-0.1, -0.05) is 12.1 Å². The number of aromatic hydroxyl groups is 2. The van der Waals surface area contributed by atoms with E-state index >= 15 is 0 Å². The molecule has 0 aliphatic carbocycles. The van der Waals surface area contributed by atoms with Crippen LogP contribution in [0.5, 0.6) is 34.5 Å². The lowest BCUT2D eigenvalue weighted by Gasteiger charge is -2.39. The molecule has 2 saturated heterocycles. The molecule has 304 valence electrons. The predicted octanol–water partition coefficient (Wildman–Crippen LogP) is -0.166. The number of benzene rings is 3. The molecule has 2 fully saturated rings. The Bertz CT molecular complexity index is 1870. The Morgan fingerprint density at radius 3 is 2.36 bits per heavy atom. The maximum Gasteiger partial charge on any atom is 0.339 e. The van der Waals surface area contributed by atoms with Crippen LogP contribution in [-0.2, 0) is 23.7 Å². The van der Waals surface area contributed by atoms with E-state index in [1.807, 2.05) is 0 Å². The molecule has 3 aromatic rings. The highest BCUT2D eigenvalue weighted by atomic mass is 16.8. The number of aliphatic hydroxyl groups is 6. The number of carbonyl (C=O) groups excluding carboxylic acids is 1. The van der Waals surface area contributed by atoms with Crippen molar-refractivity contribution in [1.82, 2.24) is 0 Å². The number of carbonyl (C=O) groups is 2. The molecule has 19 heteroatoms. The van der Waals surface area contributed by atoms with E-state index in [4.69, 9.17) is 43.0 Å². The zero-order valence-corrected chi connectivity index (χ0v) is 29.9. The Hall–Kier alpha value is -5.22. The van der Waals surface area contributed by atoms with Crippen LogP contribution in [0.1, 0.15) is 27.6 Å². The summed E-state index contributed by atoms with van der Waals surface area (Å²) in [5.41, 5.74) is -1.83. The third-order valence-electron chi connectivity index (χ3n) is 8.90. The van der Waals surface area contributed by atoms with Crippen molar-refractivity contribution in [1.29, 1.82) is 0 Å². The summed E-state index contributed by atoms with van der Waals surface area (Å²) < 4.78 is 43.6. The third-order valence-corrected chi connectivity index (χ3v) is 8.90. The van der Waals surface area contributed by atoms with Crippen LogP contribution in [0.4, 0.5) is 0 Å². The van der Waals surface area contributed by atoms with Crippen molar-refractivity contribution in [2.24, 2.45) is 0 Å². The molecule has 2 aliphatic rings. The first-order valence-electron chi connectivity index (χ1n) is 16.9. The summed E-state index contributed by atoms with van der Waals surface area (Å²) >= 11 is 0. The molecule has 56 heavy (non-hydrogen) atoms. The van der Waals surface area contributed by atoms with Crippen molar-refractivity contribution < 1.29 is 93.4 Å². The molecular formula is C37H42O19. The number of hydrogen-bond donors (Lipinski definition) is 9. The third kappa shape index (κ3) is 9.59. The summed E-state index contributed by atoms with van der Waals surface area (Å²) in [6.07, 6.45) is -9.67. The summed E-state index contributed by atoms with van der Waals surface area (Å²) in [6.45, 7) is -2.33. The quantitative estimate of drug-likeness (QED) is 0.0673. The molecule has 9 atom stereocenters. The minimum Gasteiger partial charge on any atom is -0.507 e. The van der Waals surface area contributed by atoms with Gasteiger partial charge < -0.3 is 83.9 Å². The molecule has 5 rings (SSSR count). The fourth-order valence-electron chi connectivity index (χ4n) is 5.72. The van der Waals surface area contributed by atoms with Gasteiger partial charge in [0.05, 0.1) is 34.0 Å². The molecule has 0 bridgehead atoms. The van der Waals surface area contributed by atoms with Gasteiger partial charge in [-0.2, -0.15) is 0 Å². The molecule has 0 radical (unpaired) electrons. The summed E-state index contributed by atoms with van der Waals surface area (Å²) in [7, 11) is 2.71. The van der Waals surface area contributed by atoms with Crippen LogP contribution in [0.3, 0.4) is 0 Å². The molecule has 2 unspecified atom stereocenters. The van der Waals surface area contributed by atoms with Crippen LogP contribution in [0, 0.1) is 0 Å². The SMILES string of the molecule is COc1cc(C(O)C(CO)Oc2ccc(/C=C/C(=O)OC[C@@]3(O)CO[C@@H](O[C@H]4[C@H](Oc5ccc(C(=O)O)c(O)c5)OC[C@@H](O)[C@@H]4O)[C@@H]3O)cc2OC)ccc1O. The number of hydrogen-bond acceptors (Lipinski definition) is 18. The van der Waals surface area contributed by atoms with Crippen molar-refractivity contribution in [3.8, 4) is 34.5 Å². The van der Waals surface area contributed by atoms with E-state index in [2.05, 4.69) is 0 Å². The maximum absolute atomic E-state index is 12.6. The summed E-state index contributed by atoms with van der Waals surface area (Å²) in [4.78, 5) is 23.8. The zero-order chi connectivity index (χ0) is 40.7. The van der Waals surface area contributed by atoms with Crippen LogP contribution >= 0.6 is 0 Å². The topological polar surface area (TPSA) is 290 Å².